The zero-order valence-corrected chi connectivity index (χ0v) is 18.2. The zero-order valence-electron chi connectivity index (χ0n) is 17.4. The van der Waals surface area contributed by atoms with Crippen molar-refractivity contribution in [2.24, 2.45) is 0 Å². The minimum absolute atomic E-state index is 0.0274. The second kappa shape index (κ2) is 9.01. The fourth-order valence-corrected chi connectivity index (χ4v) is 6.17. The van der Waals surface area contributed by atoms with E-state index in [1.807, 2.05) is 4.68 Å². The second-order valence-electron chi connectivity index (χ2n) is 9.01. The molecule has 2 N–H and O–H groups in total. The van der Waals surface area contributed by atoms with E-state index in [4.69, 9.17) is 0 Å². The molecular weight excluding hydrogens is 398 g/mol. The molecule has 2 saturated heterocycles. The monoisotopic (exact) mass is 429 g/mol. The van der Waals surface area contributed by atoms with Gasteiger partial charge in [-0.25, -0.2) is 9.48 Å². The number of nitrogens with one attached hydrogen (secondary N) is 2. The molecule has 2 aliphatic heterocycles. The molecule has 2 aromatic heterocycles. The maximum atomic E-state index is 12.5. The molecule has 1 aliphatic carbocycles. The summed E-state index contributed by atoms with van der Waals surface area (Å²) in [5.74, 6) is 0.932. The highest BCUT2D eigenvalue weighted by Gasteiger charge is 2.41. The van der Waals surface area contributed by atoms with Crippen molar-refractivity contribution in [3.8, 4) is 0 Å². The van der Waals surface area contributed by atoms with Crippen LogP contribution in [0.3, 0.4) is 0 Å². The summed E-state index contributed by atoms with van der Waals surface area (Å²) in [6, 6.07) is 5.83. The molecule has 8 nitrogen and oxygen atoms in total. The van der Waals surface area contributed by atoms with Gasteiger partial charge in [-0.05, 0) is 60.4 Å². The van der Waals surface area contributed by atoms with Gasteiger partial charge < -0.3 is 10.6 Å². The van der Waals surface area contributed by atoms with E-state index < -0.39 is 0 Å². The van der Waals surface area contributed by atoms with Gasteiger partial charge in [0, 0.05) is 29.0 Å². The van der Waals surface area contributed by atoms with Crippen molar-refractivity contribution in [2.45, 2.75) is 95.0 Å². The van der Waals surface area contributed by atoms with Gasteiger partial charge in [0.2, 0.25) is 0 Å². The molecule has 162 valence electrons. The number of aromatic nitrogens is 4. The van der Waals surface area contributed by atoms with Crippen LogP contribution in [0.15, 0.2) is 17.5 Å². The first-order valence-corrected chi connectivity index (χ1v) is 12.2. The third kappa shape index (κ3) is 4.51. The Bertz CT molecular complexity index is 818. The van der Waals surface area contributed by atoms with Crippen molar-refractivity contribution in [3.05, 3.63) is 28.2 Å². The lowest BCUT2D eigenvalue weighted by Crippen LogP contribution is -2.53. The van der Waals surface area contributed by atoms with Crippen LogP contribution in [-0.4, -0.2) is 55.3 Å². The van der Waals surface area contributed by atoms with Crippen molar-refractivity contribution in [3.63, 3.8) is 0 Å². The van der Waals surface area contributed by atoms with Crippen LogP contribution in [0.4, 0.5) is 4.79 Å². The molecule has 2 atom stereocenters. The predicted octanol–water partition coefficient (Wildman–Crippen LogP) is 2.91. The average Bonchev–Trinajstić information content (AvgIpc) is 3.46. The van der Waals surface area contributed by atoms with E-state index in [1.165, 1.54) is 37.0 Å². The van der Waals surface area contributed by atoms with Gasteiger partial charge in [0.05, 0.1) is 13.1 Å². The summed E-state index contributed by atoms with van der Waals surface area (Å²) in [7, 11) is 0. The normalized spacial score (nSPS) is 27.3. The van der Waals surface area contributed by atoms with E-state index in [-0.39, 0.29) is 12.1 Å². The molecule has 5 rings (SSSR count). The van der Waals surface area contributed by atoms with E-state index in [9.17, 15) is 4.79 Å². The molecule has 2 bridgehead atoms. The number of amides is 2. The van der Waals surface area contributed by atoms with Crippen LogP contribution >= 0.6 is 11.3 Å². The third-order valence-corrected chi connectivity index (χ3v) is 7.84. The predicted molar refractivity (Wildman–Crippen MR) is 115 cm³/mol. The largest absolute Gasteiger partial charge is 0.335 e. The molecule has 1 saturated carbocycles. The molecule has 30 heavy (non-hydrogen) atoms. The van der Waals surface area contributed by atoms with Crippen molar-refractivity contribution in [1.29, 1.82) is 0 Å². The highest BCUT2D eigenvalue weighted by molar-refractivity contribution is 7.09. The van der Waals surface area contributed by atoms with Crippen molar-refractivity contribution < 1.29 is 4.79 Å². The number of hydrogen-bond donors (Lipinski definition) is 2. The zero-order chi connectivity index (χ0) is 20.3. The molecule has 4 heterocycles. The molecule has 0 spiro atoms. The van der Waals surface area contributed by atoms with Crippen LogP contribution in [-0.2, 0) is 13.1 Å². The summed E-state index contributed by atoms with van der Waals surface area (Å²) >= 11 is 1.73. The molecule has 3 aliphatic rings. The van der Waals surface area contributed by atoms with Gasteiger partial charge in [-0.3, -0.25) is 4.90 Å². The van der Waals surface area contributed by atoms with Gasteiger partial charge in [0.25, 0.3) is 0 Å². The van der Waals surface area contributed by atoms with Gasteiger partial charge in [0.1, 0.15) is 0 Å². The fraction of sp³-hybridized carbons (Fsp3) is 0.714. The standard InChI is InChI=1S/C21H31N7OS/c29-21(22-15-5-2-1-3-6-15)23-16-11-17-8-9-18(12-16)27(17)14-20-24-25-26-28(20)13-19-7-4-10-30-19/h4,7,10,15-18H,1-3,5-6,8-9,11-14H2,(H2,22,23,29). The first-order chi connectivity index (χ1) is 14.7. The van der Waals surface area contributed by atoms with Crippen molar-refractivity contribution >= 4 is 17.4 Å². The van der Waals surface area contributed by atoms with E-state index in [0.29, 0.717) is 18.1 Å². The number of fused-ring (bicyclic) bond motifs is 2. The molecule has 0 aromatic carbocycles. The third-order valence-electron chi connectivity index (χ3n) is 6.98. The van der Waals surface area contributed by atoms with Crippen LogP contribution in [0, 0.1) is 0 Å². The topological polar surface area (TPSA) is 88.0 Å². The van der Waals surface area contributed by atoms with Gasteiger partial charge in [0.15, 0.2) is 5.82 Å². The summed E-state index contributed by atoms with van der Waals surface area (Å²) in [5, 5.41) is 21.0. The van der Waals surface area contributed by atoms with Crippen molar-refractivity contribution in [1.82, 2.24) is 35.7 Å². The summed E-state index contributed by atoms with van der Waals surface area (Å²) in [5.41, 5.74) is 0. The number of thiophene rings is 1. The lowest BCUT2D eigenvalue weighted by atomic mass is 9.95. The smallest absolute Gasteiger partial charge is 0.315 e. The molecule has 9 heteroatoms. The van der Waals surface area contributed by atoms with Crippen LogP contribution in [0.5, 0.6) is 0 Å². The number of nitrogens with zero attached hydrogens (tertiary/aromatic N) is 5. The van der Waals surface area contributed by atoms with Gasteiger partial charge in [-0.2, -0.15) is 0 Å². The maximum absolute atomic E-state index is 12.5. The van der Waals surface area contributed by atoms with Crippen molar-refractivity contribution in [2.75, 3.05) is 0 Å². The Morgan fingerprint density at radius 1 is 1.03 bits per heavy atom. The number of carbonyl (C=O) groups excluding carboxylic acids is 1. The van der Waals surface area contributed by atoms with E-state index in [0.717, 1.165) is 44.6 Å². The maximum Gasteiger partial charge on any atom is 0.315 e. The van der Waals surface area contributed by atoms with Gasteiger partial charge >= 0.3 is 6.03 Å². The van der Waals surface area contributed by atoms with Gasteiger partial charge in [-0.1, -0.05) is 25.3 Å². The highest BCUT2D eigenvalue weighted by atomic mass is 32.1. The lowest BCUT2D eigenvalue weighted by molar-refractivity contribution is 0.106. The summed E-state index contributed by atoms with van der Waals surface area (Å²) in [6.07, 6.45) is 10.4. The highest BCUT2D eigenvalue weighted by Crippen LogP contribution is 2.36. The summed E-state index contributed by atoms with van der Waals surface area (Å²) in [4.78, 5) is 16.3. The van der Waals surface area contributed by atoms with Crippen LogP contribution in [0.1, 0.15) is 68.5 Å². The molecular formula is C21H31N7OS. The number of hydrogen-bond acceptors (Lipinski definition) is 6. The number of piperidine rings is 1. The first kappa shape index (κ1) is 19.9. The minimum atomic E-state index is 0.0274. The first-order valence-electron chi connectivity index (χ1n) is 11.3. The molecule has 3 fully saturated rings. The molecule has 2 aromatic rings. The second-order valence-corrected chi connectivity index (χ2v) is 10.0. The Kier molecular flexibility index (Phi) is 5.99. The molecule has 0 radical (unpaired) electrons. The van der Waals surface area contributed by atoms with Crippen LogP contribution < -0.4 is 10.6 Å². The summed E-state index contributed by atoms with van der Waals surface area (Å²) in [6.45, 7) is 1.52. The number of carbonyl (C=O) groups is 1. The van der Waals surface area contributed by atoms with E-state index >= 15 is 0 Å². The Morgan fingerprint density at radius 2 is 1.80 bits per heavy atom. The van der Waals surface area contributed by atoms with Crippen LogP contribution in [0.2, 0.25) is 0 Å². The van der Waals surface area contributed by atoms with E-state index in [2.05, 4.69) is 48.6 Å². The van der Waals surface area contributed by atoms with E-state index in [1.54, 1.807) is 11.3 Å². The SMILES string of the molecule is O=C(NC1CCCCC1)NC1CC2CCC(C1)N2Cc1nnnn1Cc1cccs1. The Labute approximate surface area is 181 Å². The number of tetrazole rings is 1. The van der Waals surface area contributed by atoms with Crippen LogP contribution in [0.25, 0.3) is 0 Å². The Hall–Kier alpha value is -2.00. The fourth-order valence-electron chi connectivity index (χ4n) is 5.48. The molecule has 2 unspecified atom stereocenters. The molecule has 2 amide bonds. The Balaban J connectivity index is 1.15. The average molecular weight is 430 g/mol. The number of urea groups is 1. The lowest BCUT2D eigenvalue weighted by Gasteiger charge is -2.39. The quantitative estimate of drug-likeness (QED) is 0.737. The minimum Gasteiger partial charge on any atom is -0.335 e. The Morgan fingerprint density at radius 3 is 2.53 bits per heavy atom. The van der Waals surface area contributed by atoms with Gasteiger partial charge in [-0.15, -0.1) is 16.4 Å². The summed E-state index contributed by atoms with van der Waals surface area (Å²) < 4.78 is 1.92. The number of rotatable bonds is 6.